The van der Waals surface area contributed by atoms with E-state index in [4.69, 9.17) is 28.4 Å². The van der Waals surface area contributed by atoms with Crippen LogP contribution in [0.4, 0.5) is 0 Å². The van der Waals surface area contributed by atoms with Gasteiger partial charge in [0.15, 0.2) is 18.0 Å². The van der Waals surface area contributed by atoms with Gasteiger partial charge < -0.3 is 48.4 Å². The van der Waals surface area contributed by atoms with E-state index >= 15 is 0 Å². The third kappa shape index (κ3) is 17.3. The number of hydrogen-bond acceptors (Lipinski definition) is 15. The van der Waals surface area contributed by atoms with Crippen LogP contribution in [-0.4, -0.2) is 157 Å². The Morgan fingerprint density at radius 2 is 1.58 bits per heavy atom. The summed E-state index contributed by atoms with van der Waals surface area (Å²) in [6, 6.07) is -1.17. The van der Waals surface area contributed by atoms with Gasteiger partial charge in [0.25, 0.3) is 11.7 Å². The molecule has 1 aliphatic carbocycles. The summed E-state index contributed by atoms with van der Waals surface area (Å²) in [5, 5.41) is 22.6. The van der Waals surface area contributed by atoms with Crippen LogP contribution in [0.2, 0.25) is 0 Å². The molecule has 4 aliphatic rings. The molecular weight excluding hydrogens is 949 g/mol. The molecule has 1 saturated carbocycles. The second-order valence-corrected chi connectivity index (χ2v) is 21.8. The highest BCUT2D eigenvalue weighted by Crippen LogP contribution is 2.38. The van der Waals surface area contributed by atoms with Crippen molar-refractivity contribution in [1.29, 1.82) is 0 Å². The molecule has 16 nitrogen and oxygen atoms in total. The second-order valence-electron chi connectivity index (χ2n) is 21.8. The Morgan fingerprint density at radius 3 is 2.24 bits per heavy atom. The molecule has 0 aromatic heterocycles. The molecule has 15 atom stereocenters. The van der Waals surface area contributed by atoms with Crippen LogP contribution in [0, 0.1) is 35.5 Å². The zero-order valence-corrected chi connectivity index (χ0v) is 46.8. The lowest BCUT2D eigenvalue weighted by Gasteiger charge is -2.42. The number of Topliss-reactive ketones (excluding diaryl/α,β-unsaturated/α-hetero) is 3. The van der Waals surface area contributed by atoms with Gasteiger partial charge >= 0.3 is 11.9 Å². The lowest BCUT2D eigenvalue weighted by Crippen LogP contribution is -2.61. The van der Waals surface area contributed by atoms with E-state index in [0.717, 1.165) is 18.7 Å². The fraction of sp³-hybridized carbons (Fsp3) is 0.759. The summed E-state index contributed by atoms with van der Waals surface area (Å²) >= 11 is 0. The average molecular weight is 1040 g/mol. The molecular formula is C58H92N2O14. The van der Waals surface area contributed by atoms with Gasteiger partial charge in [0, 0.05) is 65.0 Å². The standard InChI is InChI=1S/C58H92N2O14/c1-13-59(14-2)29-27-51(63)73-53-41(8)31-38(5)47(62)35-49(39(6)32-43-24-26-46(61)50(33-43)70-11)72-57(67)45-22-18-19-28-60(45)56(66)55(65)58(68)42(9)23-25-44(74-58)34-48(69-10)37(4)21-17-15-16-20-36(3)30-40(7)52(64)54(53)71-12/h15-17,20-21,31,36,38-40,42-46,48-50,53-54,61,68H,13-14,18-19,22-30,32-35H2,1-12H3/t36?,38?,39?,40?,42?,43?,44?,45?,46?,48?,49?,50?,53?,54?,58-/m0/s1. The van der Waals surface area contributed by atoms with Crippen LogP contribution in [0.25, 0.3) is 0 Å². The number of esters is 2. The first-order chi connectivity index (χ1) is 35.1. The number of nitrogens with zero attached hydrogens (tertiary/aromatic N) is 2. The minimum Gasteiger partial charge on any atom is -0.460 e. The second kappa shape index (κ2) is 30.1. The molecule has 4 rings (SSSR count). The minimum absolute atomic E-state index is 0.0243. The fourth-order valence-corrected chi connectivity index (χ4v) is 11.2. The summed E-state index contributed by atoms with van der Waals surface area (Å²) in [6.45, 7) is 18.8. The molecule has 0 aromatic carbocycles. The molecule has 16 heteroatoms. The molecule has 14 unspecified atom stereocenters. The zero-order valence-electron chi connectivity index (χ0n) is 46.8. The molecule has 2 bridgehead atoms. The Morgan fingerprint density at radius 1 is 0.865 bits per heavy atom. The highest BCUT2D eigenvalue weighted by molar-refractivity contribution is 6.39. The Hall–Kier alpha value is -3.90. The summed E-state index contributed by atoms with van der Waals surface area (Å²) in [5.41, 5.74) is 1.32. The molecule has 0 aromatic rings. The minimum atomic E-state index is -2.45. The maximum Gasteiger partial charge on any atom is 0.329 e. The first kappa shape index (κ1) is 62.6. The fourth-order valence-electron chi connectivity index (χ4n) is 11.2. The van der Waals surface area contributed by atoms with E-state index in [1.54, 1.807) is 41.1 Å². The summed E-state index contributed by atoms with van der Waals surface area (Å²) in [6.07, 6.45) is 11.2. The van der Waals surface area contributed by atoms with E-state index in [1.807, 2.05) is 71.9 Å². The van der Waals surface area contributed by atoms with Crippen molar-refractivity contribution in [3.8, 4) is 0 Å². The van der Waals surface area contributed by atoms with Gasteiger partial charge in [-0.1, -0.05) is 84.9 Å². The number of hydrogen-bond donors (Lipinski definition) is 2. The van der Waals surface area contributed by atoms with Gasteiger partial charge in [-0.25, -0.2) is 4.79 Å². The number of piperidine rings is 1. The normalized spacial score (nSPS) is 34.7. The quantitative estimate of drug-likeness (QED) is 0.111. The van der Waals surface area contributed by atoms with E-state index in [0.29, 0.717) is 76.3 Å². The number of cyclic esters (lactones) is 1. The summed E-state index contributed by atoms with van der Waals surface area (Å²) in [7, 11) is 4.56. The zero-order chi connectivity index (χ0) is 54.9. The van der Waals surface area contributed by atoms with Crippen molar-refractivity contribution >= 4 is 35.2 Å². The summed E-state index contributed by atoms with van der Waals surface area (Å²) < 4.78 is 36.1. The van der Waals surface area contributed by atoms with E-state index in [-0.39, 0.29) is 61.2 Å². The van der Waals surface area contributed by atoms with Crippen molar-refractivity contribution in [3.05, 3.63) is 47.6 Å². The van der Waals surface area contributed by atoms with Gasteiger partial charge in [-0.05, 0) is 120 Å². The van der Waals surface area contributed by atoms with Crippen LogP contribution in [0.1, 0.15) is 146 Å². The van der Waals surface area contributed by atoms with Crippen LogP contribution in [0.15, 0.2) is 47.6 Å². The van der Waals surface area contributed by atoms with Crippen LogP contribution >= 0.6 is 0 Å². The first-order valence-electron chi connectivity index (χ1n) is 27.5. The predicted octanol–water partition coefficient (Wildman–Crippen LogP) is 7.46. The number of amides is 1. The van der Waals surface area contributed by atoms with Gasteiger partial charge in [-0.2, -0.15) is 0 Å². The Balaban J connectivity index is 1.77. The molecule has 2 saturated heterocycles. The number of fused-ring (bicyclic) bond motifs is 3. The summed E-state index contributed by atoms with van der Waals surface area (Å²) in [5.74, 6) is -8.75. The maximum atomic E-state index is 14.6. The number of carbonyl (C=O) groups excluding carboxylic acids is 6. The van der Waals surface area contributed by atoms with Gasteiger partial charge in [-0.15, -0.1) is 0 Å². The number of aliphatic hydroxyl groups excluding tert-OH is 1. The molecule has 3 fully saturated rings. The van der Waals surface area contributed by atoms with E-state index in [2.05, 4.69) is 4.90 Å². The van der Waals surface area contributed by atoms with Gasteiger partial charge in [0.1, 0.15) is 17.9 Å². The maximum absolute atomic E-state index is 14.6. The largest absolute Gasteiger partial charge is 0.460 e. The van der Waals surface area contributed by atoms with Crippen LogP contribution in [0.5, 0.6) is 0 Å². The van der Waals surface area contributed by atoms with Crippen LogP contribution in [-0.2, 0) is 57.2 Å². The smallest absolute Gasteiger partial charge is 0.329 e. The lowest BCUT2D eigenvalue weighted by atomic mass is 9.78. The first-order valence-corrected chi connectivity index (χ1v) is 27.5. The Kier molecular flexibility index (Phi) is 25.5. The third-order valence-corrected chi connectivity index (χ3v) is 16.2. The van der Waals surface area contributed by atoms with E-state index < -0.39 is 89.8 Å². The number of allylic oxidation sites excluding steroid dienone is 6. The van der Waals surface area contributed by atoms with Crippen molar-refractivity contribution in [2.75, 3.05) is 47.5 Å². The van der Waals surface area contributed by atoms with E-state index in [9.17, 15) is 39.0 Å². The Bertz CT molecular complexity index is 2000. The van der Waals surface area contributed by atoms with Crippen molar-refractivity contribution < 1.29 is 67.4 Å². The SMILES string of the molecule is CCN(CC)CCC(=O)OC1C(C)=CC(C)C(=O)CC(C(C)CC2CCC(O)C(OC)C2)OC(=O)C2CCCCN2C(=O)C(=O)[C@@]2(O)OC(CCC2C)CC(OC)C(C)=CC=CC=CC(C)CC(C)C(=O)C1OC. The molecule has 3 heterocycles. The number of ketones is 3. The molecule has 418 valence electrons. The molecule has 3 aliphatic heterocycles. The lowest BCUT2D eigenvalue weighted by molar-refractivity contribution is -0.265. The van der Waals surface area contributed by atoms with E-state index in [1.165, 1.54) is 12.0 Å². The van der Waals surface area contributed by atoms with Crippen molar-refractivity contribution in [2.24, 2.45) is 35.5 Å². The van der Waals surface area contributed by atoms with Gasteiger partial charge in [-0.3, -0.25) is 24.0 Å². The van der Waals surface area contributed by atoms with Crippen molar-refractivity contribution in [1.82, 2.24) is 9.80 Å². The number of carbonyl (C=O) groups is 6. The van der Waals surface area contributed by atoms with Crippen molar-refractivity contribution in [3.63, 3.8) is 0 Å². The monoisotopic (exact) mass is 1040 g/mol. The van der Waals surface area contributed by atoms with Gasteiger partial charge in [0.2, 0.25) is 5.79 Å². The molecule has 0 radical (unpaired) electrons. The average Bonchev–Trinajstić information content (AvgIpc) is 3.38. The Labute approximate surface area is 442 Å². The number of rotatable bonds is 12. The van der Waals surface area contributed by atoms with Crippen LogP contribution in [0.3, 0.4) is 0 Å². The molecule has 2 N–H and O–H groups in total. The molecule has 0 spiro atoms. The highest BCUT2D eigenvalue weighted by Gasteiger charge is 2.53. The molecule has 74 heavy (non-hydrogen) atoms. The van der Waals surface area contributed by atoms with Gasteiger partial charge in [0.05, 0.1) is 30.8 Å². The topological polar surface area (TPSA) is 205 Å². The number of ether oxygens (including phenoxy) is 6. The summed E-state index contributed by atoms with van der Waals surface area (Å²) in [4.78, 5) is 89.1. The predicted molar refractivity (Wildman–Crippen MR) is 281 cm³/mol. The van der Waals surface area contributed by atoms with Crippen molar-refractivity contribution in [2.45, 2.75) is 200 Å². The molecule has 1 amide bonds. The number of aliphatic hydroxyl groups is 2. The number of methoxy groups -OCH3 is 3. The van der Waals surface area contributed by atoms with Crippen LogP contribution < -0.4 is 0 Å². The third-order valence-electron chi connectivity index (χ3n) is 16.2. The highest BCUT2D eigenvalue weighted by atomic mass is 16.6.